The van der Waals surface area contributed by atoms with Gasteiger partial charge in [0.15, 0.2) is 0 Å². The normalized spacial score (nSPS) is 10.2. The molecule has 5 heteroatoms. The maximum Gasteiger partial charge on any atom is 0.115 e. The van der Waals surface area contributed by atoms with Crippen molar-refractivity contribution in [2.45, 2.75) is 0 Å². The number of aromatic nitrogens is 3. The predicted octanol–water partition coefficient (Wildman–Crippen LogP) is 3.94. The van der Waals surface area contributed by atoms with Crippen LogP contribution in [0.3, 0.4) is 0 Å². The molecule has 4 nitrogen and oxygen atoms in total. The van der Waals surface area contributed by atoms with Gasteiger partial charge in [0.25, 0.3) is 0 Å². The number of rotatable bonds is 3. The third kappa shape index (κ3) is 2.92. The molecule has 0 saturated carbocycles. The molecule has 98 valence electrons. The summed E-state index contributed by atoms with van der Waals surface area (Å²) < 4.78 is 0. The lowest BCUT2D eigenvalue weighted by atomic mass is 10.1. The maximum atomic E-state index is 5.87. The first-order valence-electron chi connectivity index (χ1n) is 6.04. The van der Waals surface area contributed by atoms with Gasteiger partial charge in [-0.15, -0.1) is 0 Å². The van der Waals surface area contributed by atoms with Crippen molar-refractivity contribution in [3.05, 3.63) is 66.5 Å². The Balaban J connectivity index is 1.86. The summed E-state index contributed by atoms with van der Waals surface area (Å²) >= 11 is 5.87. The number of anilines is 2. The van der Waals surface area contributed by atoms with Crippen LogP contribution in [0.2, 0.25) is 5.02 Å². The topological polar surface area (TPSA) is 50.7 Å². The highest BCUT2D eigenvalue weighted by Gasteiger charge is 2.01. The number of benzene rings is 1. The van der Waals surface area contributed by atoms with Gasteiger partial charge in [0.1, 0.15) is 6.33 Å². The van der Waals surface area contributed by atoms with Crippen LogP contribution in [0.5, 0.6) is 0 Å². The van der Waals surface area contributed by atoms with Crippen molar-refractivity contribution >= 4 is 23.0 Å². The van der Waals surface area contributed by atoms with Crippen LogP contribution >= 0.6 is 11.6 Å². The fourth-order valence-electron chi connectivity index (χ4n) is 1.81. The van der Waals surface area contributed by atoms with Crippen molar-refractivity contribution < 1.29 is 0 Å². The zero-order chi connectivity index (χ0) is 13.8. The summed E-state index contributed by atoms with van der Waals surface area (Å²) in [6, 6.07) is 9.51. The molecular formula is C15H11ClN4. The molecule has 0 aliphatic heterocycles. The highest BCUT2D eigenvalue weighted by molar-refractivity contribution is 6.30. The van der Waals surface area contributed by atoms with Gasteiger partial charge in [-0.05, 0) is 30.3 Å². The van der Waals surface area contributed by atoms with Crippen molar-refractivity contribution in [3.63, 3.8) is 0 Å². The van der Waals surface area contributed by atoms with Crippen molar-refractivity contribution in [1.82, 2.24) is 15.0 Å². The first kappa shape index (κ1) is 12.6. The Morgan fingerprint density at radius 2 is 1.45 bits per heavy atom. The number of hydrogen-bond acceptors (Lipinski definition) is 4. The van der Waals surface area contributed by atoms with Crippen LogP contribution in [0.25, 0.3) is 11.1 Å². The minimum absolute atomic E-state index is 0.712. The molecule has 0 aliphatic rings. The van der Waals surface area contributed by atoms with Gasteiger partial charge in [0.2, 0.25) is 0 Å². The second-order valence-electron chi connectivity index (χ2n) is 4.22. The lowest BCUT2D eigenvalue weighted by Crippen LogP contribution is -1.92. The third-order valence-electron chi connectivity index (χ3n) is 2.77. The van der Waals surface area contributed by atoms with E-state index in [1.165, 1.54) is 6.33 Å². The van der Waals surface area contributed by atoms with Crippen LogP contribution in [0, 0.1) is 0 Å². The van der Waals surface area contributed by atoms with E-state index < -0.39 is 0 Å². The summed E-state index contributed by atoms with van der Waals surface area (Å²) in [7, 11) is 0. The quantitative estimate of drug-likeness (QED) is 0.790. The monoisotopic (exact) mass is 282 g/mol. The maximum absolute atomic E-state index is 5.87. The zero-order valence-electron chi connectivity index (χ0n) is 10.5. The molecule has 0 bridgehead atoms. The van der Waals surface area contributed by atoms with Gasteiger partial charge in [-0.2, -0.15) is 0 Å². The fourth-order valence-corrected chi connectivity index (χ4v) is 1.94. The fraction of sp³-hybridized carbons (Fsp3) is 0. The Kier molecular flexibility index (Phi) is 3.56. The van der Waals surface area contributed by atoms with Gasteiger partial charge in [-0.3, -0.25) is 4.98 Å². The van der Waals surface area contributed by atoms with Crippen molar-refractivity contribution in [1.29, 1.82) is 0 Å². The van der Waals surface area contributed by atoms with E-state index >= 15 is 0 Å². The van der Waals surface area contributed by atoms with E-state index in [1.54, 1.807) is 24.8 Å². The zero-order valence-corrected chi connectivity index (χ0v) is 11.2. The second-order valence-corrected chi connectivity index (χ2v) is 4.66. The molecule has 20 heavy (non-hydrogen) atoms. The average Bonchev–Trinajstić information content (AvgIpc) is 2.51. The number of hydrogen-bond donors (Lipinski definition) is 1. The smallest absolute Gasteiger partial charge is 0.115 e. The molecule has 0 spiro atoms. The van der Waals surface area contributed by atoms with Gasteiger partial charge in [-0.1, -0.05) is 11.6 Å². The van der Waals surface area contributed by atoms with Gasteiger partial charge in [0, 0.05) is 40.4 Å². The molecule has 2 aromatic heterocycles. The van der Waals surface area contributed by atoms with E-state index in [1.807, 2.05) is 30.3 Å². The molecule has 0 amide bonds. The van der Waals surface area contributed by atoms with E-state index in [-0.39, 0.29) is 0 Å². The standard InChI is InChI=1S/C15H11ClN4/c16-13-1-3-14(4-2-13)20-15-5-11(6-17-9-15)12-7-18-10-19-8-12/h1-10,20H. The number of nitrogens with zero attached hydrogens (tertiary/aromatic N) is 3. The third-order valence-corrected chi connectivity index (χ3v) is 3.02. The molecule has 0 aliphatic carbocycles. The largest absolute Gasteiger partial charge is 0.354 e. The Hall–Kier alpha value is -2.46. The highest BCUT2D eigenvalue weighted by atomic mass is 35.5. The molecule has 2 heterocycles. The molecule has 1 N–H and O–H groups in total. The van der Waals surface area contributed by atoms with E-state index in [0.29, 0.717) is 5.02 Å². The van der Waals surface area contributed by atoms with Crippen LogP contribution in [0.15, 0.2) is 61.4 Å². The highest BCUT2D eigenvalue weighted by Crippen LogP contribution is 2.23. The van der Waals surface area contributed by atoms with Crippen LogP contribution in [-0.2, 0) is 0 Å². The van der Waals surface area contributed by atoms with Crippen molar-refractivity contribution in [2.75, 3.05) is 5.32 Å². The first-order valence-corrected chi connectivity index (χ1v) is 6.42. The van der Waals surface area contributed by atoms with Crippen LogP contribution in [-0.4, -0.2) is 15.0 Å². The van der Waals surface area contributed by atoms with Gasteiger partial charge < -0.3 is 5.32 Å². The summed E-state index contributed by atoms with van der Waals surface area (Å²) in [6.07, 6.45) is 8.58. The molecule has 3 rings (SSSR count). The predicted molar refractivity (Wildman–Crippen MR) is 80.0 cm³/mol. The lowest BCUT2D eigenvalue weighted by molar-refractivity contribution is 1.17. The van der Waals surface area contributed by atoms with Crippen LogP contribution < -0.4 is 5.32 Å². The SMILES string of the molecule is Clc1ccc(Nc2cncc(-c3cncnc3)c2)cc1. The van der Waals surface area contributed by atoms with Crippen molar-refractivity contribution in [2.24, 2.45) is 0 Å². The van der Waals surface area contributed by atoms with E-state index in [2.05, 4.69) is 20.3 Å². The van der Waals surface area contributed by atoms with E-state index in [4.69, 9.17) is 11.6 Å². The second kappa shape index (κ2) is 5.67. The molecule has 0 radical (unpaired) electrons. The molecule has 1 aromatic carbocycles. The number of nitrogens with one attached hydrogen (secondary N) is 1. The Morgan fingerprint density at radius 3 is 2.20 bits per heavy atom. The van der Waals surface area contributed by atoms with Gasteiger partial charge in [-0.25, -0.2) is 9.97 Å². The van der Waals surface area contributed by atoms with Crippen LogP contribution in [0.1, 0.15) is 0 Å². The first-order chi connectivity index (χ1) is 9.81. The number of halogens is 1. The van der Waals surface area contributed by atoms with E-state index in [9.17, 15) is 0 Å². The molecule has 0 unspecified atom stereocenters. The molecule has 0 saturated heterocycles. The number of pyridine rings is 1. The molecule has 3 aromatic rings. The molecule has 0 fully saturated rings. The summed E-state index contributed by atoms with van der Waals surface area (Å²) in [5, 5.41) is 3.99. The van der Waals surface area contributed by atoms with Gasteiger partial charge >= 0.3 is 0 Å². The molecule has 0 atom stereocenters. The summed E-state index contributed by atoms with van der Waals surface area (Å²) in [5.74, 6) is 0. The van der Waals surface area contributed by atoms with E-state index in [0.717, 1.165) is 22.5 Å². The Bertz CT molecular complexity index is 699. The minimum Gasteiger partial charge on any atom is -0.354 e. The summed E-state index contributed by atoms with van der Waals surface area (Å²) in [5.41, 5.74) is 3.75. The van der Waals surface area contributed by atoms with Gasteiger partial charge in [0.05, 0.1) is 11.9 Å². The van der Waals surface area contributed by atoms with Crippen LogP contribution in [0.4, 0.5) is 11.4 Å². The van der Waals surface area contributed by atoms with Crippen molar-refractivity contribution in [3.8, 4) is 11.1 Å². The average molecular weight is 283 g/mol. The summed E-state index contributed by atoms with van der Waals surface area (Å²) in [6.45, 7) is 0. The Morgan fingerprint density at radius 1 is 0.750 bits per heavy atom. The molecular weight excluding hydrogens is 272 g/mol. The minimum atomic E-state index is 0.712. The lowest BCUT2D eigenvalue weighted by Gasteiger charge is -2.07. The summed E-state index contributed by atoms with van der Waals surface area (Å²) in [4.78, 5) is 12.3. The Labute approximate surface area is 121 Å².